The molecule has 1 heterocycles. The fraction of sp³-hybridized carbons (Fsp3) is 0.250. The predicted molar refractivity (Wildman–Crippen MR) is 115 cm³/mol. The van der Waals surface area contributed by atoms with Crippen LogP contribution in [-0.4, -0.2) is 24.2 Å². The normalized spacial score (nSPS) is 14.0. The van der Waals surface area contributed by atoms with Crippen LogP contribution < -0.4 is 10.6 Å². The first-order valence-corrected chi connectivity index (χ1v) is 9.99. The molecule has 1 aromatic heterocycles. The van der Waals surface area contributed by atoms with E-state index >= 15 is 0 Å². The van der Waals surface area contributed by atoms with Gasteiger partial charge in [0.1, 0.15) is 6.29 Å². The Hall–Kier alpha value is -3.72. The Morgan fingerprint density at radius 2 is 2.10 bits per heavy atom. The highest BCUT2D eigenvalue weighted by Gasteiger charge is 2.27. The number of rotatable bonds is 7. The van der Waals surface area contributed by atoms with Gasteiger partial charge in [0.15, 0.2) is 0 Å². The lowest BCUT2D eigenvalue weighted by atomic mass is 9.99. The molecule has 4 rings (SSSR count). The van der Waals surface area contributed by atoms with Gasteiger partial charge in [-0.1, -0.05) is 18.2 Å². The van der Waals surface area contributed by atoms with Gasteiger partial charge in [0.2, 0.25) is 0 Å². The van der Waals surface area contributed by atoms with Crippen molar-refractivity contribution in [3.05, 3.63) is 70.9 Å². The minimum Gasteiger partial charge on any atom is -0.388 e. The molecule has 1 saturated carbocycles. The second kappa shape index (κ2) is 8.34. The third-order valence-electron chi connectivity index (χ3n) is 5.50. The number of para-hydroxylation sites is 1. The van der Waals surface area contributed by atoms with E-state index in [1.165, 1.54) is 0 Å². The van der Waals surface area contributed by atoms with Crippen molar-refractivity contribution in [2.75, 3.05) is 12.4 Å². The van der Waals surface area contributed by atoms with Gasteiger partial charge in [-0.15, -0.1) is 0 Å². The monoisotopic (exact) mass is 398 g/mol. The fourth-order valence-corrected chi connectivity index (χ4v) is 3.78. The van der Waals surface area contributed by atoms with Crippen molar-refractivity contribution in [1.82, 2.24) is 10.3 Å². The fourth-order valence-electron chi connectivity index (χ4n) is 3.78. The molecule has 2 aromatic carbocycles. The summed E-state index contributed by atoms with van der Waals surface area (Å²) in [5.41, 5.74) is 4.55. The predicted octanol–water partition coefficient (Wildman–Crippen LogP) is 4.09. The molecule has 3 aromatic rings. The van der Waals surface area contributed by atoms with Crippen LogP contribution in [0, 0.1) is 11.3 Å². The second-order valence-corrected chi connectivity index (χ2v) is 7.51. The SMILES string of the molecule is CNc1ccccc1C(CC=O)NC(=O)c1cnc2cc(C3CC3)c(C#N)cc2c1. The minimum atomic E-state index is -0.457. The van der Waals surface area contributed by atoms with Crippen molar-refractivity contribution < 1.29 is 9.59 Å². The maximum atomic E-state index is 12.9. The van der Waals surface area contributed by atoms with Crippen molar-refractivity contribution in [2.45, 2.75) is 31.2 Å². The van der Waals surface area contributed by atoms with Crippen molar-refractivity contribution >= 4 is 28.8 Å². The number of amides is 1. The summed E-state index contributed by atoms with van der Waals surface area (Å²) in [4.78, 5) is 28.6. The zero-order valence-corrected chi connectivity index (χ0v) is 16.7. The van der Waals surface area contributed by atoms with Crippen molar-refractivity contribution in [1.29, 1.82) is 5.26 Å². The van der Waals surface area contributed by atoms with Crippen LogP contribution in [0.2, 0.25) is 0 Å². The summed E-state index contributed by atoms with van der Waals surface area (Å²) in [5.74, 6) is 0.136. The van der Waals surface area contributed by atoms with Crippen LogP contribution in [-0.2, 0) is 4.79 Å². The molecule has 1 fully saturated rings. The van der Waals surface area contributed by atoms with Crippen LogP contribution in [0.5, 0.6) is 0 Å². The van der Waals surface area contributed by atoms with Crippen molar-refractivity contribution in [3.8, 4) is 6.07 Å². The number of fused-ring (bicyclic) bond motifs is 1. The van der Waals surface area contributed by atoms with E-state index in [1.807, 2.05) is 36.4 Å². The molecular formula is C24H22N4O2. The van der Waals surface area contributed by atoms with Gasteiger partial charge in [-0.25, -0.2) is 0 Å². The second-order valence-electron chi connectivity index (χ2n) is 7.51. The van der Waals surface area contributed by atoms with Crippen LogP contribution in [0.25, 0.3) is 10.9 Å². The number of hydrogen-bond donors (Lipinski definition) is 2. The van der Waals surface area contributed by atoms with Gasteiger partial charge < -0.3 is 15.4 Å². The molecule has 1 aliphatic carbocycles. The van der Waals surface area contributed by atoms with Gasteiger partial charge >= 0.3 is 0 Å². The lowest BCUT2D eigenvalue weighted by molar-refractivity contribution is -0.108. The van der Waals surface area contributed by atoms with Gasteiger partial charge in [-0.2, -0.15) is 5.26 Å². The van der Waals surface area contributed by atoms with Crippen LogP contribution in [0.3, 0.4) is 0 Å². The molecule has 30 heavy (non-hydrogen) atoms. The first-order valence-electron chi connectivity index (χ1n) is 9.99. The number of nitrogens with one attached hydrogen (secondary N) is 2. The Morgan fingerprint density at radius 1 is 1.30 bits per heavy atom. The number of benzene rings is 2. The van der Waals surface area contributed by atoms with Crippen molar-refractivity contribution in [2.24, 2.45) is 0 Å². The Bertz CT molecular complexity index is 1160. The lowest BCUT2D eigenvalue weighted by Gasteiger charge is -2.20. The third kappa shape index (κ3) is 3.87. The van der Waals surface area contributed by atoms with E-state index in [4.69, 9.17) is 0 Å². The van der Waals surface area contributed by atoms with E-state index in [2.05, 4.69) is 21.7 Å². The molecule has 6 nitrogen and oxygen atoms in total. The first kappa shape index (κ1) is 19.6. The van der Waals surface area contributed by atoms with Crippen LogP contribution >= 0.6 is 0 Å². The maximum Gasteiger partial charge on any atom is 0.253 e. The summed E-state index contributed by atoms with van der Waals surface area (Å²) in [6.45, 7) is 0. The number of nitriles is 1. The Kier molecular flexibility index (Phi) is 5.44. The maximum absolute atomic E-state index is 12.9. The lowest BCUT2D eigenvalue weighted by Crippen LogP contribution is -2.29. The van der Waals surface area contributed by atoms with E-state index < -0.39 is 6.04 Å². The molecule has 1 atom stereocenters. The molecule has 2 N–H and O–H groups in total. The van der Waals surface area contributed by atoms with Crippen LogP contribution in [0.1, 0.15) is 58.3 Å². The average Bonchev–Trinajstić information content (AvgIpc) is 3.62. The van der Waals surface area contributed by atoms with E-state index in [1.54, 1.807) is 19.3 Å². The highest BCUT2D eigenvalue weighted by Crippen LogP contribution is 2.42. The largest absolute Gasteiger partial charge is 0.388 e. The average molecular weight is 398 g/mol. The Morgan fingerprint density at radius 3 is 2.80 bits per heavy atom. The van der Waals surface area contributed by atoms with E-state index in [0.29, 0.717) is 17.0 Å². The summed E-state index contributed by atoms with van der Waals surface area (Å²) in [6, 6.07) is 14.9. The topological polar surface area (TPSA) is 94.9 Å². The van der Waals surface area contributed by atoms with E-state index in [-0.39, 0.29) is 12.3 Å². The van der Waals surface area contributed by atoms with Gasteiger partial charge in [0.05, 0.1) is 28.8 Å². The number of carbonyl (C=O) groups excluding carboxylic acids is 2. The molecule has 0 radical (unpaired) electrons. The van der Waals surface area contributed by atoms with Crippen LogP contribution in [0.15, 0.2) is 48.7 Å². The molecular weight excluding hydrogens is 376 g/mol. The third-order valence-corrected chi connectivity index (χ3v) is 5.50. The molecule has 0 bridgehead atoms. The zero-order valence-electron chi connectivity index (χ0n) is 16.7. The van der Waals surface area contributed by atoms with Gasteiger partial charge in [0, 0.05) is 30.7 Å². The summed E-state index contributed by atoms with van der Waals surface area (Å²) < 4.78 is 0. The highest BCUT2D eigenvalue weighted by molar-refractivity contribution is 5.98. The highest BCUT2D eigenvalue weighted by atomic mass is 16.1. The molecule has 0 spiro atoms. The number of pyridine rings is 1. The molecule has 0 aliphatic heterocycles. The number of hydrogen-bond acceptors (Lipinski definition) is 5. The van der Waals surface area contributed by atoms with Crippen LogP contribution in [0.4, 0.5) is 5.69 Å². The summed E-state index contributed by atoms with van der Waals surface area (Å²) in [5, 5.41) is 16.3. The quantitative estimate of drug-likeness (QED) is 0.585. The molecule has 1 unspecified atom stereocenters. The molecule has 6 heteroatoms. The summed E-state index contributed by atoms with van der Waals surface area (Å²) >= 11 is 0. The van der Waals surface area contributed by atoms with Gasteiger partial charge in [-0.3, -0.25) is 9.78 Å². The number of aromatic nitrogens is 1. The number of anilines is 1. The Balaban J connectivity index is 1.63. The number of aldehydes is 1. The smallest absolute Gasteiger partial charge is 0.253 e. The standard InChI is InChI=1S/C24H22N4O2/c1-26-21-5-3-2-4-19(21)22(8-9-29)28-24(30)18-11-16-10-17(13-25)20(15-6-7-15)12-23(16)27-14-18/h2-5,9-12,14-15,22,26H,6-8H2,1H3,(H,28,30). The zero-order chi connectivity index (χ0) is 21.1. The summed E-state index contributed by atoms with van der Waals surface area (Å²) in [7, 11) is 1.80. The minimum absolute atomic E-state index is 0.161. The molecule has 150 valence electrons. The summed E-state index contributed by atoms with van der Waals surface area (Å²) in [6.07, 6.45) is 4.71. The molecule has 1 aliphatic rings. The first-order chi connectivity index (χ1) is 14.6. The number of carbonyl (C=O) groups is 2. The molecule has 0 saturated heterocycles. The van der Waals surface area contributed by atoms with Crippen molar-refractivity contribution in [3.63, 3.8) is 0 Å². The Labute approximate surface area is 174 Å². The van der Waals surface area contributed by atoms with E-state index in [9.17, 15) is 14.9 Å². The molecule has 1 amide bonds. The van der Waals surface area contributed by atoms with Gasteiger partial charge in [0.25, 0.3) is 5.91 Å². The number of nitrogens with zero attached hydrogens (tertiary/aromatic N) is 2. The van der Waals surface area contributed by atoms with E-state index in [0.717, 1.165) is 46.8 Å². The van der Waals surface area contributed by atoms with Gasteiger partial charge in [-0.05, 0) is 54.2 Å².